The molecule has 0 bridgehead atoms. The van der Waals surface area contributed by atoms with E-state index in [2.05, 4.69) is 6.07 Å². The molecule has 1 fully saturated rings. The minimum absolute atomic E-state index is 0.0372. The lowest BCUT2D eigenvalue weighted by molar-refractivity contribution is -0.385. The standard InChI is InChI=1S/C30H26N4O6S/c1-40-26-11-9-23-10-12-27(17-25(23)16-26)41(38,39)33(20-24-7-2-3-8-28(24)34(36)37)29-13-14-32(30(29)35)19-22-6-4-5-21(15-22)18-31/h2-12,15-17,29H,13-14,19-20H2,1H3/t29-/m0/s1. The smallest absolute Gasteiger partial charge is 0.273 e. The lowest BCUT2D eigenvalue weighted by atomic mass is 10.1. The largest absolute Gasteiger partial charge is 0.497 e. The summed E-state index contributed by atoms with van der Waals surface area (Å²) >= 11 is 0. The van der Waals surface area contributed by atoms with Crippen LogP contribution in [-0.4, -0.2) is 48.1 Å². The van der Waals surface area contributed by atoms with E-state index in [9.17, 15) is 28.6 Å². The van der Waals surface area contributed by atoms with Gasteiger partial charge in [0, 0.05) is 31.3 Å². The summed E-state index contributed by atoms with van der Waals surface area (Å²) in [7, 11) is -2.78. The average Bonchev–Trinajstić information content (AvgIpc) is 3.34. The first-order chi connectivity index (χ1) is 19.7. The molecule has 4 aromatic carbocycles. The monoisotopic (exact) mass is 570 g/mol. The number of fused-ring (bicyclic) bond motifs is 1. The Morgan fingerprint density at radius 2 is 1.83 bits per heavy atom. The minimum Gasteiger partial charge on any atom is -0.497 e. The molecule has 0 saturated carbocycles. The number of nitro benzene ring substituents is 1. The second-order valence-electron chi connectivity index (χ2n) is 9.69. The number of methoxy groups -OCH3 is 1. The highest BCUT2D eigenvalue weighted by molar-refractivity contribution is 7.89. The molecule has 11 heteroatoms. The number of ether oxygens (including phenoxy) is 1. The summed E-state index contributed by atoms with van der Waals surface area (Å²) in [6.45, 7) is 0.141. The fraction of sp³-hybridized carbons (Fsp3) is 0.200. The maximum atomic E-state index is 14.2. The quantitative estimate of drug-likeness (QED) is 0.212. The van der Waals surface area contributed by atoms with Gasteiger partial charge in [-0.25, -0.2) is 8.42 Å². The fourth-order valence-corrected chi connectivity index (χ4v) is 6.71. The average molecular weight is 571 g/mol. The van der Waals surface area contributed by atoms with Gasteiger partial charge < -0.3 is 9.64 Å². The highest BCUT2D eigenvalue weighted by Gasteiger charge is 2.42. The fourth-order valence-electron chi connectivity index (χ4n) is 5.09. The van der Waals surface area contributed by atoms with E-state index < -0.39 is 26.9 Å². The van der Waals surface area contributed by atoms with E-state index in [1.54, 1.807) is 53.4 Å². The summed E-state index contributed by atoms with van der Waals surface area (Å²) in [4.78, 5) is 26.4. The predicted molar refractivity (Wildman–Crippen MR) is 151 cm³/mol. The van der Waals surface area contributed by atoms with Crippen LogP contribution in [0.1, 0.15) is 23.1 Å². The number of nitriles is 1. The first kappa shape index (κ1) is 27.8. The Labute approximate surface area is 237 Å². The number of carbonyl (C=O) groups excluding carboxylic acids is 1. The van der Waals surface area contributed by atoms with Gasteiger partial charge in [0.1, 0.15) is 11.8 Å². The molecule has 4 aromatic rings. The molecular weight excluding hydrogens is 544 g/mol. The molecule has 41 heavy (non-hydrogen) atoms. The van der Waals surface area contributed by atoms with Crippen LogP contribution in [0.15, 0.2) is 89.8 Å². The topological polar surface area (TPSA) is 134 Å². The summed E-state index contributed by atoms with van der Waals surface area (Å²) in [6, 6.07) is 23.8. The zero-order valence-corrected chi connectivity index (χ0v) is 23.0. The van der Waals surface area contributed by atoms with E-state index in [1.165, 1.54) is 37.4 Å². The summed E-state index contributed by atoms with van der Waals surface area (Å²) in [6.07, 6.45) is 0.206. The van der Waals surface area contributed by atoms with Crippen molar-refractivity contribution in [3.63, 3.8) is 0 Å². The molecule has 0 aromatic heterocycles. The highest BCUT2D eigenvalue weighted by atomic mass is 32.2. The van der Waals surface area contributed by atoms with Crippen molar-refractivity contribution in [2.24, 2.45) is 0 Å². The van der Waals surface area contributed by atoms with Crippen LogP contribution in [-0.2, 0) is 27.9 Å². The van der Waals surface area contributed by atoms with Gasteiger partial charge in [-0.2, -0.15) is 9.57 Å². The zero-order valence-electron chi connectivity index (χ0n) is 22.1. The SMILES string of the molecule is COc1ccc2ccc(S(=O)(=O)N(Cc3ccccc3[N+](=O)[O-])[C@H]3CCN(Cc4cccc(C#N)c4)C3=O)cc2c1. The number of para-hydroxylation sites is 1. The maximum Gasteiger partial charge on any atom is 0.273 e. The molecule has 1 aliphatic rings. The number of nitro groups is 1. The Morgan fingerprint density at radius 3 is 2.59 bits per heavy atom. The van der Waals surface area contributed by atoms with Crippen LogP contribution in [0.2, 0.25) is 0 Å². The molecule has 208 valence electrons. The van der Waals surface area contributed by atoms with Crippen molar-refractivity contribution in [2.75, 3.05) is 13.7 Å². The molecule has 1 aliphatic heterocycles. The number of likely N-dealkylation sites (tertiary alicyclic amines) is 1. The lowest BCUT2D eigenvalue weighted by Crippen LogP contribution is -2.44. The molecular formula is C30H26N4O6S. The molecule has 1 amide bonds. The molecule has 0 unspecified atom stereocenters. The Bertz CT molecular complexity index is 1800. The first-order valence-electron chi connectivity index (χ1n) is 12.8. The van der Waals surface area contributed by atoms with Crippen LogP contribution in [0.4, 0.5) is 5.69 Å². The summed E-state index contributed by atoms with van der Waals surface area (Å²) in [5.41, 5.74) is 1.15. The third-order valence-corrected chi connectivity index (χ3v) is 9.04. The van der Waals surface area contributed by atoms with Crippen LogP contribution in [0.25, 0.3) is 10.8 Å². The van der Waals surface area contributed by atoms with Crippen LogP contribution in [0.3, 0.4) is 0 Å². The summed E-state index contributed by atoms with van der Waals surface area (Å²) in [5.74, 6) is 0.155. The second kappa shape index (κ2) is 11.4. The van der Waals surface area contributed by atoms with Crippen molar-refractivity contribution in [2.45, 2.75) is 30.4 Å². The summed E-state index contributed by atoms with van der Waals surface area (Å²) in [5, 5.41) is 22.4. The third kappa shape index (κ3) is 5.61. The second-order valence-corrected chi connectivity index (χ2v) is 11.6. The van der Waals surface area contributed by atoms with Gasteiger partial charge in [0.2, 0.25) is 15.9 Å². The number of rotatable bonds is 9. The van der Waals surface area contributed by atoms with Crippen molar-refractivity contribution < 1.29 is 22.9 Å². The van der Waals surface area contributed by atoms with Gasteiger partial charge in [-0.05, 0) is 59.2 Å². The van der Waals surface area contributed by atoms with E-state index in [4.69, 9.17) is 4.74 Å². The van der Waals surface area contributed by atoms with Crippen LogP contribution in [0.5, 0.6) is 5.75 Å². The number of carbonyl (C=O) groups is 1. The van der Waals surface area contributed by atoms with Gasteiger partial charge in [0.05, 0.1) is 28.6 Å². The van der Waals surface area contributed by atoms with Gasteiger partial charge in [-0.1, -0.05) is 42.5 Å². The lowest BCUT2D eigenvalue weighted by Gasteiger charge is -2.27. The Balaban J connectivity index is 1.54. The number of sulfonamides is 1. The van der Waals surface area contributed by atoms with Crippen molar-refractivity contribution in [3.8, 4) is 11.8 Å². The molecule has 1 saturated heterocycles. The van der Waals surface area contributed by atoms with E-state index in [-0.39, 0.29) is 42.2 Å². The molecule has 0 spiro atoms. The highest BCUT2D eigenvalue weighted by Crippen LogP contribution is 2.32. The number of hydrogen-bond donors (Lipinski definition) is 0. The number of benzene rings is 4. The molecule has 5 rings (SSSR count). The molecule has 10 nitrogen and oxygen atoms in total. The zero-order chi connectivity index (χ0) is 29.1. The Kier molecular flexibility index (Phi) is 7.70. The van der Waals surface area contributed by atoms with Gasteiger partial charge >= 0.3 is 0 Å². The Morgan fingerprint density at radius 1 is 1.05 bits per heavy atom. The third-order valence-electron chi connectivity index (χ3n) is 7.19. The van der Waals surface area contributed by atoms with Crippen molar-refractivity contribution >= 4 is 32.4 Å². The van der Waals surface area contributed by atoms with Crippen molar-refractivity contribution in [3.05, 3.63) is 112 Å². The maximum absolute atomic E-state index is 14.2. The summed E-state index contributed by atoms with van der Waals surface area (Å²) < 4.78 is 34.8. The van der Waals surface area contributed by atoms with Gasteiger partial charge in [-0.3, -0.25) is 14.9 Å². The number of hydrogen-bond acceptors (Lipinski definition) is 7. The minimum atomic E-state index is -4.30. The number of nitrogens with zero attached hydrogens (tertiary/aromatic N) is 4. The van der Waals surface area contributed by atoms with E-state index >= 15 is 0 Å². The van der Waals surface area contributed by atoms with E-state index in [1.807, 2.05) is 6.07 Å². The predicted octanol–water partition coefficient (Wildman–Crippen LogP) is 4.62. The first-order valence-corrected chi connectivity index (χ1v) is 14.2. The van der Waals surface area contributed by atoms with Crippen molar-refractivity contribution in [1.29, 1.82) is 5.26 Å². The van der Waals surface area contributed by atoms with Gasteiger partial charge in [-0.15, -0.1) is 0 Å². The Hall–Kier alpha value is -4.79. The molecule has 0 radical (unpaired) electrons. The van der Waals surface area contributed by atoms with Crippen molar-refractivity contribution in [1.82, 2.24) is 9.21 Å². The number of amides is 1. The van der Waals surface area contributed by atoms with Crippen LogP contribution >= 0.6 is 0 Å². The normalized spacial score (nSPS) is 15.3. The molecule has 1 heterocycles. The van der Waals surface area contributed by atoms with Crippen LogP contribution < -0.4 is 4.74 Å². The van der Waals surface area contributed by atoms with E-state index in [0.29, 0.717) is 16.7 Å². The molecule has 1 atom stereocenters. The van der Waals surface area contributed by atoms with Crippen LogP contribution in [0, 0.1) is 21.4 Å². The van der Waals surface area contributed by atoms with Gasteiger partial charge in [0.15, 0.2) is 0 Å². The molecule has 0 aliphatic carbocycles. The molecule has 0 N–H and O–H groups in total. The van der Waals surface area contributed by atoms with Gasteiger partial charge in [0.25, 0.3) is 5.69 Å². The van der Waals surface area contributed by atoms with E-state index in [0.717, 1.165) is 15.3 Å².